The molecule has 1 aliphatic rings. The molecule has 5 heteroatoms. The normalized spacial score (nSPS) is 11.8. The van der Waals surface area contributed by atoms with Gasteiger partial charge in [0.15, 0.2) is 11.6 Å². The second kappa shape index (κ2) is 11.2. The molecule has 0 heterocycles. The third kappa shape index (κ3) is 5.41. The molecule has 0 saturated heterocycles. The van der Waals surface area contributed by atoms with Crippen LogP contribution >= 0.6 is 0 Å². The first-order chi connectivity index (χ1) is 14.9. The van der Waals surface area contributed by atoms with E-state index in [1.54, 1.807) is 0 Å². The molecule has 1 aliphatic carbocycles. The zero-order chi connectivity index (χ0) is 22.4. The maximum atomic E-state index is 12.6. The van der Waals surface area contributed by atoms with Crippen LogP contribution in [0.2, 0.25) is 0 Å². The molecule has 0 nitrogen and oxygen atoms in total. The van der Waals surface area contributed by atoms with E-state index in [1.165, 1.54) is 22.3 Å². The van der Waals surface area contributed by atoms with Crippen LogP contribution in [0.25, 0.3) is 5.57 Å². The highest BCUT2D eigenvalue weighted by atomic mass is 19.2. The van der Waals surface area contributed by atoms with Gasteiger partial charge in [0.05, 0.1) is 5.57 Å². The van der Waals surface area contributed by atoms with Crippen LogP contribution < -0.4 is 5.46 Å². The number of benzene rings is 3. The molecule has 4 rings (SSSR count). The van der Waals surface area contributed by atoms with Crippen molar-refractivity contribution in [2.45, 2.75) is 14.4 Å². The summed E-state index contributed by atoms with van der Waals surface area (Å²) in [5.41, 5.74) is 3.19. The fraction of sp³-hybridized carbons (Fsp3) is 0.0741. The molecule has 0 spiro atoms. The quantitative estimate of drug-likeness (QED) is 0.181. The lowest BCUT2D eigenvalue weighted by Crippen LogP contribution is -2.19. The highest BCUT2D eigenvalue weighted by Crippen LogP contribution is 2.30. The van der Waals surface area contributed by atoms with E-state index in [-0.39, 0.29) is 7.43 Å². The van der Waals surface area contributed by atoms with Crippen molar-refractivity contribution in [1.29, 1.82) is 0 Å². The predicted octanol–water partition coefficient (Wildman–Crippen LogP) is 6.80. The highest BCUT2D eigenvalue weighted by Gasteiger charge is 2.17. The van der Waals surface area contributed by atoms with Crippen LogP contribution in [-0.2, 0) is 0 Å². The zero-order valence-corrected chi connectivity index (χ0v) is 16.7. The first kappa shape index (κ1) is 24.8. The summed E-state index contributed by atoms with van der Waals surface area (Å²) in [6.45, 7) is 0.927. The van der Waals surface area contributed by atoms with E-state index in [0.717, 1.165) is 6.92 Å². The first-order valence-electron chi connectivity index (χ1n) is 9.53. The molecule has 32 heavy (non-hydrogen) atoms. The summed E-state index contributed by atoms with van der Waals surface area (Å²) in [5, 5.41) is 0. The number of allylic oxidation sites excluding steroid dienone is 5. The summed E-state index contributed by atoms with van der Waals surface area (Å²) in [5.74, 6) is -6.00. The smallest absolute Gasteiger partial charge is 0.161 e. The summed E-state index contributed by atoms with van der Waals surface area (Å²) in [4.78, 5) is 0. The monoisotopic (exact) mass is 433 g/mol. The van der Waals surface area contributed by atoms with Crippen molar-refractivity contribution in [2.75, 3.05) is 0 Å². The molecule has 0 fully saturated rings. The van der Waals surface area contributed by atoms with Crippen molar-refractivity contribution < 1.29 is 17.6 Å². The van der Waals surface area contributed by atoms with Crippen LogP contribution in [0.4, 0.5) is 17.6 Å². The maximum absolute atomic E-state index is 12.6. The Morgan fingerprint density at radius 2 is 1.19 bits per heavy atom. The topological polar surface area (TPSA) is 0 Å². The van der Waals surface area contributed by atoms with E-state index in [9.17, 15) is 17.6 Å². The second-order valence-electron chi connectivity index (χ2n) is 6.77. The Balaban J connectivity index is 0.000000244. The molecule has 3 aromatic rings. The molecule has 0 unspecified atom stereocenters. The summed E-state index contributed by atoms with van der Waals surface area (Å²) < 4.78 is 50.2. The number of hydrogen-bond acceptors (Lipinski definition) is 0. The third-order valence-corrected chi connectivity index (χ3v) is 4.70. The molecule has 0 aromatic heterocycles. The Morgan fingerprint density at radius 1 is 0.719 bits per heavy atom. The van der Waals surface area contributed by atoms with Crippen molar-refractivity contribution >= 4 is 18.9 Å². The van der Waals surface area contributed by atoms with Crippen molar-refractivity contribution in [3.05, 3.63) is 137 Å². The lowest BCUT2D eigenvalue weighted by molar-refractivity contribution is 0.454. The fourth-order valence-corrected chi connectivity index (χ4v) is 3.07. The Labute approximate surface area is 188 Å². The molecular formula is C27H22BF4. The molecule has 0 N–H and O–H groups in total. The van der Waals surface area contributed by atoms with Gasteiger partial charge in [-0.1, -0.05) is 43.8 Å². The Morgan fingerprint density at radius 3 is 1.59 bits per heavy atom. The van der Waals surface area contributed by atoms with Crippen molar-refractivity contribution in [1.82, 2.24) is 0 Å². The Bertz CT molecular complexity index is 1000. The zero-order valence-electron chi connectivity index (χ0n) is 16.7. The molecular weight excluding hydrogens is 411 g/mol. The highest BCUT2D eigenvalue weighted by molar-refractivity contribution is 6.32. The largest absolute Gasteiger partial charge is 0.572 e. The molecule has 0 atom stereocenters. The molecule has 161 valence electrons. The first-order valence-corrected chi connectivity index (χ1v) is 9.53. The predicted molar refractivity (Wildman–Crippen MR) is 125 cm³/mol. The molecule has 3 aromatic carbocycles. The summed E-state index contributed by atoms with van der Waals surface area (Å²) in [6.07, 6.45) is 10.5. The molecule has 3 radical (unpaired) electrons. The van der Waals surface area contributed by atoms with Crippen LogP contribution in [0, 0.1) is 36.6 Å². The Kier molecular flexibility index (Phi) is 8.71. The Hall–Kier alpha value is -3.47. The third-order valence-electron chi connectivity index (χ3n) is 4.70. The van der Waals surface area contributed by atoms with E-state index >= 15 is 0 Å². The van der Waals surface area contributed by atoms with Gasteiger partial charge in [0.25, 0.3) is 0 Å². The van der Waals surface area contributed by atoms with Gasteiger partial charge in [-0.2, -0.15) is 0 Å². The standard InChI is InChI=1S/C19H15.C7H3BF4.CH4/c1-4-10-16(11-5-1)19(17-12-6-2-7-13-17)18-14-8-3-9-15-18;1-2-4(9)6(11)3(8)7(12)5(2)10;/h1-15H;1H3;1H4/q+1;-1;. The SMILES string of the molecule is C.C1=C[CH+]C(=C(c2ccccc2)c2ccccc2)C=C1.[B-]c1c(F)c(F)c(C)c(F)c1F. The number of hydrogen-bond donors (Lipinski definition) is 0. The maximum Gasteiger partial charge on any atom is 0.161 e. The average Bonchev–Trinajstić information content (AvgIpc) is 2.83. The van der Waals surface area contributed by atoms with Crippen LogP contribution in [0.3, 0.4) is 0 Å². The minimum Gasteiger partial charge on any atom is -0.572 e. The number of rotatable bonds is 2. The van der Waals surface area contributed by atoms with Gasteiger partial charge in [-0.25, -0.2) is 23.0 Å². The van der Waals surface area contributed by atoms with Crippen LogP contribution in [-0.4, -0.2) is 7.85 Å². The van der Waals surface area contributed by atoms with Gasteiger partial charge >= 0.3 is 0 Å². The minimum absolute atomic E-state index is 0. The molecule has 0 aliphatic heterocycles. The molecule has 0 amide bonds. The average molecular weight is 433 g/mol. The summed E-state index contributed by atoms with van der Waals surface area (Å²) in [6, 6.07) is 21.1. The van der Waals surface area contributed by atoms with Gasteiger partial charge in [0.2, 0.25) is 0 Å². The van der Waals surface area contributed by atoms with Gasteiger partial charge in [-0.3, -0.25) is 0 Å². The van der Waals surface area contributed by atoms with Gasteiger partial charge in [0, 0.05) is 47.4 Å². The summed E-state index contributed by atoms with van der Waals surface area (Å²) in [7, 11) is 4.72. The van der Waals surface area contributed by atoms with Gasteiger partial charge in [-0.05, 0) is 31.2 Å². The fourth-order valence-electron chi connectivity index (χ4n) is 3.07. The number of halogens is 4. The van der Waals surface area contributed by atoms with Crippen molar-refractivity contribution in [3.8, 4) is 0 Å². The van der Waals surface area contributed by atoms with Crippen molar-refractivity contribution in [3.63, 3.8) is 0 Å². The van der Waals surface area contributed by atoms with E-state index in [0.29, 0.717) is 0 Å². The van der Waals surface area contributed by atoms with E-state index in [4.69, 9.17) is 7.85 Å². The van der Waals surface area contributed by atoms with Gasteiger partial charge in [0.1, 0.15) is 17.2 Å². The van der Waals surface area contributed by atoms with E-state index in [2.05, 4.69) is 91.4 Å². The van der Waals surface area contributed by atoms with Crippen LogP contribution in [0.5, 0.6) is 0 Å². The van der Waals surface area contributed by atoms with Gasteiger partial charge in [-0.15, -0.1) is 0 Å². The van der Waals surface area contributed by atoms with Gasteiger partial charge < -0.3 is 7.85 Å². The lowest BCUT2D eigenvalue weighted by Gasteiger charge is -2.13. The van der Waals surface area contributed by atoms with E-state index < -0.39 is 34.3 Å². The lowest BCUT2D eigenvalue weighted by atomic mass is 9.90. The van der Waals surface area contributed by atoms with Crippen molar-refractivity contribution in [2.24, 2.45) is 0 Å². The van der Waals surface area contributed by atoms with E-state index in [1.807, 2.05) is 0 Å². The summed E-state index contributed by atoms with van der Waals surface area (Å²) >= 11 is 0. The minimum atomic E-state index is -1.55. The molecule has 0 bridgehead atoms. The second-order valence-corrected chi connectivity index (χ2v) is 6.77. The molecule has 0 saturated carbocycles. The van der Waals surface area contributed by atoms with Crippen LogP contribution in [0.1, 0.15) is 24.1 Å². The van der Waals surface area contributed by atoms with Crippen LogP contribution in [0.15, 0.2) is 90.5 Å².